The lowest BCUT2D eigenvalue weighted by Gasteiger charge is -2.24. The zero-order valence-corrected chi connectivity index (χ0v) is 16.6. The lowest BCUT2D eigenvalue weighted by molar-refractivity contribution is -0.122. The molecule has 29 heavy (non-hydrogen) atoms. The van der Waals surface area contributed by atoms with Crippen molar-refractivity contribution in [2.24, 2.45) is 7.05 Å². The van der Waals surface area contributed by atoms with Gasteiger partial charge in [-0.25, -0.2) is 4.39 Å². The minimum absolute atomic E-state index is 0.0822. The number of likely N-dealkylation sites (tertiary alicyclic amines) is 1. The number of amides is 1. The number of carbonyl (C=O) groups is 1. The standard InChI is InChI=1S/C23H23FN4O/c1-26-10-9-23(15-26)19-5-3-4-6-21(19)28(22(23)29)14-17-8-7-16(11-20(17)24)18-12-25-27(2)13-18/h3-8,11-13H,9-10,14-15H2,1-2H3/t23-/m0/s1. The first-order valence-electron chi connectivity index (χ1n) is 9.85. The Kier molecular flexibility index (Phi) is 4.06. The van der Waals surface area contributed by atoms with Crippen LogP contribution in [0.25, 0.3) is 11.1 Å². The third kappa shape index (κ3) is 2.78. The molecule has 2 aliphatic heterocycles. The quantitative estimate of drug-likeness (QED) is 0.689. The van der Waals surface area contributed by atoms with Crippen LogP contribution in [-0.2, 0) is 23.8 Å². The number of aryl methyl sites for hydroxylation is 1. The van der Waals surface area contributed by atoms with Crippen molar-refractivity contribution in [3.8, 4) is 11.1 Å². The van der Waals surface area contributed by atoms with Gasteiger partial charge in [0.05, 0.1) is 18.2 Å². The van der Waals surface area contributed by atoms with E-state index in [2.05, 4.69) is 10.00 Å². The second-order valence-corrected chi connectivity index (χ2v) is 8.19. The van der Waals surface area contributed by atoms with Crippen molar-refractivity contribution in [2.45, 2.75) is 18.4 Å². The number of rotatable bonds is 3. The van der Waals surface area contributed by atoms with E-state index in [4.69, 9.17) is 0 Å². The third-order valence-corrected chi connectivity index (χ3v) is 6.24. The molecule has 0 bridgehead atoms. The Hall–Kier alpha value is -2.99. The highest BCUT2D eigenvalue weighted by Gasteiger charge is 2.53. The maximum atomic E-state index is 15.0. The normalized spacial score (nSPS) is 21.3. The third-order valence-electron chi connectivity index (χ3n) is 6.24. The van der Waals surface area contributed by atoms with Crippen LogP contribution < -0.4 is 4.90 Å². The molecule has 1 saturated heterocycles. The molecule has 2 aromatic carbocycles. The Morgan fingerprint density at radius 3 is 2.66 bits per heavy atom. The molecule has 3 heterocycles. The number of hydrogen-bond acceptors (Lipinski definition) is 3. The van der Waals surface area contributed by atoms with Crippen molar-refractivity contribution in [1.82, 2.24) is 14.7 Å². The number of hydrogen-bond donors (Lipinski definition) is 0. The lowest BCUT2D eigenvalue weighted by atomic mass is 9.81. The first-order chi connectivity index (χ1) is 14.0. The Balaban J connectivity index is 1.48. The van der Waals surface area contributed by atoms with Gasteiger partial charge in [-0.15, -0.1) is 0 Å². The maximum absolute atomic E-state index is 15.0. The summed E-state index contributed by atoms with van der Waals surface area (Å²) in [6.45, 7) is 1.84. The zero-order valence-electron chi connectivity index (χ0n) is 16.6. The van der Waals surface area contributed by atoms with Crippen molar-refractivity contribution >= 4 is 11.6 Å². The Bertz CT molecular complexity index is 1110. The number of anilines is 1. The molecule has 5 nitrogen and oxygen atoms in total. The second-order valence-electron chi connectivity index (χ2n) is 8.19. The molecule has 0 unspecified atom stereocenters. The van der Waals surface area contributed by atoms with Crippen LogP contribution in [0, 0.1) is 5.82 Å². The van der Waals surface area contributed by atoms with Crippen LogP contribution in [0.1, 0.15) is 17.5 Å². The van der Waals surface area contributed by atoms with Crippen molar-refractivity contribution in [2.75, 3.05) is 25.0 Å². The summed E-state index contributed by atoms with van der Waals surface area (Å²) in [6, 6.07) is 13.1. The first-order valence-corrected chi connectivity index (χ1v) is 9.85. The molecule has 1 spiro atoms. The molecule has 5 rings (SSSR count). The molecule has 3 aromatic rings. The van der Waals surface area contributed by atoms with Crippen LogP contribution in [0.5, 0.6) is 0 Å². The largest absolute Gasteiger partial charge is 0.307 e. The van der Waals surface area contributed by atoms with Crippen LogP contribution in [0.15, 0.2) is 54.9 Å². The summed E-state index contributed by atoms with van der Waals surface area (Å²) in [6.07, 6.45) is 4.38. The number of para-hydroxylation sites is 1. The molecule has 0 N–H and O–H groups in total. The van der Waals surface area contributed by atoms with Crippen molar-refractivity contribution in [3.05, 3.63) is 71.8 Å². The molecule has 1 fully saturated rings. The Morgan fingerprint density at radius 1 is 1.14 bits per heavy atom. The summed E-state index contributed by atoms with van der Waals surface area (Å²) in [5.74, 6) is -0.222. The molecule has 1 amide bonds. The van der Waals surface area contributed by atoms with Gasteiger partial charge in [-0.3, -0.25) is 9.48 Å². The fourth-order valence-electron chi connectivity index (χ4n) is 4.74. The molecule has 0 aliphatic carbocycles. The van der Waals surface area contributed by atoms with Crippen molar-refractivity contribution in [3.63, 3.8) is 0 Å². The summed E-state index contributed by atoms with van der Waals surface area (Å²) in [5.41, 5.74) is 3.64. The van der Waals surface area contributed by atoms with E-state index in [0.717, 1.165) is 35.3 Å². The lowest BCUT2D eigenvalue weighted by Crippen LogP contribution is -2.41. The fraction of sp³-hybridized carbons (Fsp3) is 0.304. The second kappa shape index (κ2) is 6.52. The van der Waals surface area contributed by atoms with E-state index in [-0.39, 0.29) is 18.3 Å². The number of carbonyl (C=O) groups excluding carboxylic acids is 1. The van der Waals surface area contributed by atoms with Gasteiger partial charge in [-0.05, 0) is 43.3 Å². The summed E-state index contributed by atoms with van der Waals surface area (Å²) in [4.78, 5) is 17.5. The first kappa shape index (κ1) is 18.1. The summed E-state index contributed by atoms with van der Waals surface area (Å²) < 4.78 is 16.6. The predicted molar refractivity (Wildman–Crippen MR) is 110 cm³/mol. The number of halogens is 1. The van der Waals surface area contributed by atoms with Gasteiger partial charge in [0.1, 0.15) is 5.82 Å². The Morgan fingerprint density at radius 2 is 1.97 bits per heavy atom. The molecular weight excluding hydrogens is 367 g/mol. The summed E-state index contributed by atoms with van der Waals surface area (Å²) >= 11 is 0. The maximum Gasteiger partial charge on any atom is 0.239 e. The highest BCUT2D eigenvalue weighted by atomic mass is 19.1. The number of benzene rings is 2. The molecule has 0 saturated carbocycles. The van der Waals surface area contributed by atoms with Crippen molar-refractivity contribution in [1.29, 1.82) is 0 Å². The smallest absolute Gasteiger partial charge is 0.239 e. The molecule has 1 atom stereocenters. The average molecular weight is 390 g/mol. The van der Waals surface area contributed by atoms with E-state index < -0.39 is 5.41 Å². The molecule has 2 aliphatic rings. The van der Waals surface area contributed by atoms with Gasteiger partial charge in [0.15, 0.2) is 0 Å². The fourth-order valence-corrected chi connectivity index (χ4v) is 4.74. The van der Waals surface area contributed by atoms with E-state index in [1.807, 2.05) is 50.6 Å². The van der Waals surface area contributed by atoms with Gasteiger partial charge < -0.3 is 9.80 Å². The molecular formula is C23H23FN4O. The molecule has 1 aromatic heterocycles. The van der Waals surface area contributed by atoms with Gasteiger partial charge in [0.2, 0.25) is 5.91 Å². The van der Waals surface area contributed by atoms with Crippen LogP contribution in [0.4, 0.5) is 10.1 Å². The van der Waals surface area contributed by atoms with E-state index in [1.54, 1.807) is 21.8 Å². The number of likely N-dealkylation sites (N-methyl/N-ethyl adjacent to an activating group) is 1. The van der Waals surface area contributed by atoms with E-state index in [0.29, 0.717) is 12.1 Å². The summed E-state index contributed by atoms with van der Waals surface area (Å²) in [7, 11) is 3.88. The van der Waals surface area contributed by atoms with Gasteiger partial charge >= 0.3 is 0 Å². The predicted octanol–water partition coefficient (Wildman–Crippen LogP) is 3.35. The minimum Gasteiger partial charge on any atom is -0.307 e. The van der Waals surface area contributed by atoms with E-state index >= 15 is 0 Å². The SMILES string of the molecule is CN1CC[C@@]2(C1)C(=O)N(Cc1ccc(-c3cnn(C)c3)cc1F)c1ccccc12. The zero-order chi connectivity index (χ0) is 20.2. The van der Waals surface area contributed by atoms with E-state index in [1.165, 1.54) is 6.07 Å². The highest BCUT2D eigenvalue weighted by molar-refractivity contribution is 6.08. The molecule has 0 radical (unpaired) electrons. The molecule has 148 valence electrons. The van der Waals surface area contributed by atoms with Gasteiger partial charge in [0.25, 0.3) is 0 Å². The number of nitrogens with zero attached hydrogens (tertiary/aromatic N) is 4. The topological polar surface area (TPSA) is 41.4 Å². The van der Waals surface area contributed by atoms with Crippen LogP contribution >= 0.6 is 0 Å². The highest BCUT2D eigenvalue weighted by Crippen LogP contribution is 2.47. The van der Waals surface area contributed by atoms with Gasteiger partial charge in [-0.2, -0.15) is 5.10 Å². The molecule has 6 heteroatoms. The van der Waals surface area contributed by atoms with Crippen molar-refractivity contribution < 1.29 is 9.18 Å². The number of fused-ring (bicyclic) bond motifs is 2. The minimum atomic E-state index is -0.503. The van der Waals surface area contributed by atoms with E-state index in [9.17, 15) is 9.18 Å². The van der Waals surface area contributed by atoms with Crippen LogP contribution in [0.3, 0.4) is 0 Å². The summed E-state index contributed by atoms with van der Waals surface area (Å²) in [5, 5.41) is 4.15. The average Bonchev–Trinajstić information content (AvgIpc) is 3.38. The monoisotopic (exact) mass is 390 g/mol. The van der Waals surface area contributed by atoms with Crippen LogP contribution in [0.2, 0.25) is 0 Å². The van der Waals surface area contributed by atoms with Gasteiger partial charge in [0, 0.05) is 36.6 Å². The van der Waals surface area contributed by atoms with Crippen LogP contribution in [-0.4, -0.2) is 40.7 Å². The Labute approximate surface area is 169 Å². The van der Waals surface area contributed by atoms with Gasteiger partial charge in [-0.1, -0.05) is 30.3 Å². The number of aromatic nitrogens is 2.